The van der Waals surface area contributed by atoms with Gasteiger partial charge in [0.15, 0.2) is 0 Å². The third-order valence-electron chi connectivity index (χ3n) is 13.4. The van der Waals surface area contributed by atoms with Gasteiger partial charge >= 0.3 is 5.97 Å². The van der Waals surface area contributed by atoms with Crippen LogP contribution in [-0.4, -0.2) is 446 Å². The van der Waals surface area contributed by atoms with Gasteiger partial charge in [-0.15, -0.1) is 0 Å². The van der Waals surface area contributed by atoms with E-state index in [0.29, 0.717) is 429 Å². The van der Waals surface area contributed by atoms with E-state index in [1.807, 2.05) is 20.8 Å². The topological polar surface area (TPSA) is 404 Å². The van der Waals surface area contributed by atoms with Crippen molar-refractivity contribution < 1.29 is 152 Å². The summed E-state index contributed by atoms with van der Waals surface area (Å²) in [5, 5.41) is 6.78. The van der Waals surface area contributed by atoms with E-state index in [-0.39, 0.29) is 12.4 Å². The summed E-state index contributed by atoms with van der Waals surface area (Å²) in [7, 11) is 0. The normalized spacial score (nSPS) is 11.7. The second-order valence-corrected chi connectivity index (χ2v) is 23.5. The Labute approximate surface area is 653 Å². The largest absolute Gasteiger partial charge is 0.460 e. The molecule has 0 fully saturated rings. The standard InChI is InChI=1S/C71H141N7O32/c1-71(2,3)110-70(79)4-10-80-16-22-86-28-34-92-40-46-98-52-58-104-64-67-107-61-55-101-49-43-95-37-31-89-25-19-83-13-7-78(8-14-84-20-26-90-32-38-96-44-50-102-56-62-108-68-65-105-59-53-99-47-41-93-35-29-87-23-17-81-11-5-74-76-72)9-15-85-21-27-91-33-39-97-45-51-103-57-63-109-69-66-106-60-54-100-48-42-94-36-30-88-24-18-82-12-6-75-77-73/h4-69H2,1-3H3. The molecule has 0 aromatic carbocycles. The lowest BCUT2D eigenvalue weighted by Gasteiger charge is -2.22. The zero-order valence-corrected chi connectivity index (χ0v) is 66.9. The molecule has 0 unspecified atom stereocenters. The van der Waals surface area contributed by atoms with Gasteiger partial charge in [0.05, 0.1) is 403 Å². The van der Waals surface area contributed by atoms with Crippen LogP contribution in [0.1, 0.15) is 27.2 Å². The third-order valence-corrected chi connectivity index (χ3v) is 13.4. The van der Waals surface area contributed by atoms with Crippen LogP contribution >= 0.6 is 0 Å². The molecule has 110 heavy (non-hydrogen) atoms. The molecule has 652 valence electrons. The molecule has 0 heterocycles. The van der Waals surface area contributed by atoms with Gasteiger partial charge in [-0.1, -0.05) is 10.2 Å². The van der Waals surface area contributed by atoms with Crippen LogP contribution in [0.3, 0.4) is 0 Å². The molecule has 39 heteroatoms. The van der Waals surface area contributed by atoms with Crippen LogP contribution < -0.4 is 0 Å². The SMILES string of the molecule is CC(C)(C)OC(=O)CCOCCOCCOCCOCCOCCOCCOCCOCCOCCOCCN(CCOCCOCCOCCOCCOCCOCCOCCOCCOCCOCCN=[N+]=[N-])CCOCCOCCOCCOCCOCCOCCOCCOCCOCCOCCN=[N+]=[N-]. The Hall–Kier alpha value is -3.15. The summed E-state index contributed by atoms with van der Waals surface area (Å²) in [6.07, 6.45) is 0.215. The van der Waals surface area contributed by atoms with E-state index in [0.717, 1.165) is 0 Å². The molecular weight excluding hydrogens is 1460 g/mol. The van der Waals surface area contributed by atoms with Gasteiger partial charge in [-0.05, 0) is 31.8 Å². The quantitative estimate of drug-likeness (QED) is 0.0277. The van der Waals surface area contributed by atoms with Crippen molar-refractivity contribution >= 4 is 5.97 Å². The van der Waals surface area contributed by atoms with E-state index in [9.17, 15) is 4.79 Å². The predicted octanol–water partition coefficient (Wildman–Crippen LogP) is 3.14. The van der Waals surface area contributed by atoms with E-state index in [2.05, 4.69) is 25.0 Å². The molecule has 0 aliphatic carbocycles. The Bertz CT molecular complexity index is 1800. The fraction of sp³-hybridized carbons (Fsp3) is 0.986. The van der Waals surface area contributed by atoms with Gasteiger partial charge in [-0.2, -0.15) is 0 Å². The molecule has 0 aliphatic heterocycles. The molecule has 0 saturated carbocycles. The van der Waals surface area contributed by atoms with E-state index >= 15 is 0 Å². The zero-order chi connectivity index (χ0) is 79.1. The molecule has 0 N–H and O–H groups in total. The Morgan fingerprint density at radius 3 is 0.482 bits per heavy atom. The number of carbonyl (C=O) groups excluding carboxylic acids is 1. The summed E-state index contributed by atoms with van der Waals surface area (Å²) in [6.45, 7) is 35.4. The van der Waals surface area contributed by atoms with Crippen LogP contribution in [0.5, 0.6) is 0 Å². The van der Waals surface area contributed by atoms with Crippen molar-refractivity contribution in [1.29, 1.82) is 0 Å². The van der Waals surface area contributed by atoms with Crippen LogP contribution in [0.4, 0.5) is 0 Å². The molecule has 0 bridgehead atoms. The Kier molecular flexibility index (Phi) is 93.7. The molecule has 0 spiro atoms. The highest BCUT2D eigenvalue weighted by Gasteiger charge is 2.16. The minimum Gasteiger partial charge on any atom is -0.460 e. The van der Waals surface area contributed by atoms with Crippen molar-refractivity contribution in [2.75, 3.05) is 429 Å². The number of azide groups is 2. The molecule has 0 amide bonds. The first-order valence-electron chi connectivity index (χ1n) is 38.7. The zero-order valence-electron chi connectivity index (χ0n) is 66.9. The Balaban J connectivity index is 4.04. The number of ether oxygens (including phenoxy) is 31. The van der Waals surface area contributed by atoms with Crippen LogP contribution in [0.15, 0.2) is 10.2 Å². The van der Waals surface area contributed by atoms with Crippen LogP contribution in [0, 0.1) is 0 Å². The van der Waals surface area contributed by atoms with Crippen molar-refractivity contribution in [2.45, 2.75) is 32.8 Å². The maximum atomic E-state index is 11.7. The van der Waals surface area contributed by atoms with Crippen molar-refractivity contribution in [3.8, 4) is 0 Å². The highest BCUT2D eigenvalue weighted by molar-refractivity contribution is 5.69. The lowest BCUT2D eigenvalue weighted by Crippen LogP contribution is -2.34. The van der Waals surface area contributed by atoms with Gasteiger partial charge in [-0.25, -0.2) is 0 Å². The minimum atomic E-state index is -0.495. The summed E-state index contributed by atoms with van der Waals surface area (Å²) in [5.41, 5.74) is 15.9. The van der Waals surface area contributed by atoms with Gasteiger partial charge in [0.2, 0.25) is 0 Å². The lowest BCUT2D eigenvalue weighted by atomic mass is 10.2. The summed E-state index contributed by atoms with van der Waals surface area (Å²) in [4.78, 5) is 19.2. The second kappa shape index (κ2) is 96.4. The Morgan fingerprint density at radius 1 is 0.218 bits per heavy atom. The molecule has 0 aromatic rings. The number of esters is 1. The smallest absolute Gasteiger partial charge is 0.308 e. The van der Waals surface area contributed by atoms with Crippen molar-refractivity contribution in [3.05, 3.63) is 20.9 Å². The van der Waals surface area contributed by atoms with Gasteiger partial charge in [-0.3, -0.25) is 9.69 Å². The molecule has 0 rings (SSSR count). The molecule has 0 atom stereocenters. The summed E-state index contributed by atoms with van der Waals surface area (Å²) in [5.74, 6) is -0.277. The average Bonchev–Trinajstić information content (AvgIpc) is 0.996. The van der Waals surface area contributed by atoms with Crippen molar-refractivity contribution in [2.24, 2.45) is 10.2 Å². The number of nitrogens with zero attached hydrogens (tertiary/aromatic N) is 7. The van der Waals surface area contributed by atoms with E-state index in [4.69, 9.17) is 158 Å². The molecule has 0 radical (unpaired) electrons. The average molecular weight is 1600 g/mol. The number of rotatable bonds is 99. The fourth-order valence-corrected chi connectivity index (χ4v) is 8.01. The molecular formula is C71H141N7O32. The first kappa shape index (κ1) is 107. The van der Waals surface area contributed by atoms with Crippen LogP contribution in [0.2, 0.25) is 0 Å². The second-order valence-electron chi connectivity index (χ2n) is 23.5. The number of hydrogen-bond acceptors (Lipinski definition) is 35. The summed E-state index contributed by atoms with van der Waals surface area (Å²) in [6, 6.07) is 0. The van der Waals surface area contributed by atoms with Gasteiger partial charge in [0.1, 0.15) is 5.60 Å². The van der Waals surface area contributed by atoms with Crippen LogP contribution in [-0.2, 0) is 152 Å². The minimum absolute atomic E-state index is 0.215. The molecule has 0 aromatic heterocycles. The van der Waals surface area contributed by atoms with Gasteiger partial charge < -0.3 is 147 Å². The maximum absolute atomic E-state index is 11.7. The Morgan fingerprint density at radius 2 is 0.345 bits per heavy atom. The highest BCUT2D eigenvalue weighted by Crippen LogP contribution is 2.08. The fourth-order valence-electron chi connectivity index (χ4n) is 8.01. The third kappa shape index (κ3) is 99.0. The maximum Gasteiger partial charge on any atom is 0.308 e. The molecule has 0 saturated heterocycles. The number of carbonyl (C=O) groups is 1. The highest BCUT2D eigenvalue weighted by atomic mass is 16.6. The number of hydrogen-bond donors (Lipinski definition) is 0. The van der Waals surface area contributed by atoms with Crippen molar-refractivity contribution in [3.63, 3.8) is 0 Å². The first-order valence-corrected chi connectivity index (χ1v) is 38.7. The molecule has 39 nitrogen and oxygen atoms in total. The van der Waals surface area contributed by atoms with Crippen LogP contribution in [0.25, 0.3) is 20.9 Å². The predicted molar refractivity (Wildman–Crippen MR) is 399 cm³/mol. The monoisotopic (exact) mass is 1600 g/mol. The summed E-state index contributed by atoms with van der Waals surface area (Å²) >= 11 is 0. The first-order chi connectivity index (χ1) is 54.4. The van der Waals surface area contributed by atoms with E-state index in [1.165, 1.54) is 0 Å². The van der Waals surface area contributed by atoms with Gasteiger partial charge in [0.25, 0.3) is 0 Å². The van der Waals surface area contributed by atoms with E-state index < -0.39 is 5.60 Å². The van der Waals surface area contributed by atoms with E-state index in [1.54, 1.807) is 0 Å². The summed E-state index contributed by atoms with van der Waals surface area (Å²) < 4.78 is 172. The van der Waals surface area contributed by atoms with Crippen molar-refractivity contribution in [1.82, 2.24) is 4.90 Å². The molecule has 0 aliphatic rings. The van der Waals surface area contributed by atoms with Gasteiger partial charge in [0, 0.05) is 42.5 Å². The lowest BCUT2D eigenvalue weighted by molar-refractivity contribution is -0.156.